The van der Waals surface area contributed by atoms with Crippen molar-refractivity contribution < 1.29 is 18.7 Å². The van der Waals surface area contributed by atoms with Crippen LogP contribution in [-0.4, -0.2) is 68.1 Å². The van der Waals surface area contributed by atoms with Gasteiger partial charge in [-0.1, -0.05) is 28.9 Å². The number of piperazine rings is 1. The molecule has 1 saturated heterocycles. The first-order valence-electron chi connectivity index (χ1n) is 10.9. The Hall–Kier alpha value is -3.24. The van der Waals surface area contributed by atoms with E-state index < -0.39 is 0 Å². The maximum atomic E-state index is 13.2. The lowest BCUT2D eigenvalue weighted by Gasteiger charge is -2.44. The number of hydrogen-bond donors (Lipinski definition) is 1. The van der Waals surface area contributed by atoms with Crippen LogP contribution in [0.25, 0.3) is 0 Å². The van der Waals surface area contributed by atoms with Crippen LogP contribution in [0.3, 0.4) is 0 Å². The van der Waals surface area contributed by atoms with Crippen LogP contribution in [0, 0.1) is 5.82 Å². The average molecular weight is 489 g/mol. The highest BCUT2D eigenvalue weighted by molar-refractivity contribution is 6.30. The highest BCUT2D eigenvalue weighted by atomic mass is 35.5. The van der Waals surface area contributed by atoms with Gasteiger partial charge in [-0.25, -0.2) is 4.39 Å². The summed E-state index contributed by atoms with van der Waals surface area (Å²) >= 11 is 6.09. The van der Waals surface area contributed by atoms with Gasteiger partial charge in [-0.15, -0.1) is 10.2 Å². The number of nitrogens with zero attached hydrogens (tertiary/aromatic N) is 5. The molecule has 0 spiro atoms. The number of hydrogen-bond acceptors (Lipinski definition) is 7. The van der Waals surface area contributed by atoms with Gasteiger partial charge in [-0.2, -0.15) is 5.21 Å². The van der Waals surface area contributed by atoms with Gasteiger partial charge in [0.1, 0.15) is 5.82 Å². The van der Waals surface area contributed by atoms with Crippen molar-refractivity contribution >= 4 is 17.5 Å². The SMILES string of the molecule is C[C@@H]1CN(Cc2ccc(F)cc2)[C@@H](C)CN1C(=O)COc1ccc(Cl)cc1OCc1nn[nH]n1. The van der Waals surface area contributed by atoms with Crippen LogP contribution < -0.4 is 9.47 Å². The Morgan fingerprint density at radius 1 is 1.12 bits per heavy atom. The van der Waals surface area contributed by atoms with E-state index >= 15 is 0 Å². The molecule has 2 aromatic carbocycles. The van der Waals surface area contributed by atoms with Crippen LogP contribution in [0.15, 0.2) is 42.5 Å². The maximum Gasteiger partial charge on any atom is 0.260 e. The predicted molar refractivity (Wildman–Crippen MR) is 123 cm³/mol. The third kappa shape index (κ3) is 6.00. The largest absolute Gasteiger partial charge is 0.482 e. The summed E-state index contributed by atoms with van der Waals surface area (Å²) in [6.45, 7) is 6.04. The van der Waals surface area contributed by atoms with E-state index in [0.717, 1.165) is 5.56 Å². The number of carbonyl (C=O) groups excluding carboxylic acids is 1. The molecule has 1 aromatic heterocycles. The van der Waals surface area contributed by atoms with Crippen LogP contribution in [0.5, 0.6) is 11.5 Å². The minimum absolute atomic E-state index is 0.00641. The van der Waals surface area contributed by atoms with E-state index in [-0.39, 0.29) is 37.0 Å². The van der Waals surface area contributed by atoms with Gasteiger partial charge in [0.25, 0.3) is 5.91 Å². The van der Waals surface area contributed by atoms with E-state index in [2.05, 4.69) is 32.4 Å². The van der Waals surface area contributed by atoms with Gasteiger partial charge in [-0.3, -0.25) is 9.69 Å². The number of halogens is 2. The lowest BCUT2D eigenvalue weighted by atomic mass is 10.1. The molecule has 1 N–H and O–H groups in total. The molecule has 1 amide bonds. The fourth-order valence-corrected chi connectivity index (χ4v) is 4.07. The monoisotopic (exact) mass is 488 g/mol. The van der Waals surface area contributed by atoms with Gasteiger partial charge in [-0.05, 0) is 43.7 Å². The minimum atomic E-state index is -0.246. The first kappa shape index (κ1) is 23.9. The van der Waals surface area contributed by atoms with Crippen LogP contribution >= 0.6 is 11.6 Å². The van der Waals surface area contributed by atoms with Gasteiger partial charge < -0.3 is 14.4 Å². The zero-order valence-corrected chi connectivity index (χ0v) is 19.7. The molecule has 0 unspecified atom stereocenters. The molecule has 11 heteroatoms. The van der Waals surface area contributed by atoms with Crippen molar-refractivity contribution in [3.05, 3.63) is 64.7 Å². The normalized spacial score (nSPS) is 18.6. The molecule has 180 valence electrons. The summed E-state index contributed by atoms with van der Waals surface area (Å²) in [7, 11) is 0. The fourth-order valence-electron chi connectivity index (χ4n) is 3.91. The Labute approximate surface area is 201 Å². The summed E-state index contributed by atoms with van der Waals surface area (Å²) in [6, 6.07) is 11.6. The van der Waals surface area contributed by atoms with E-state index in [4.69, 9.17) is 21.1 Å². The predicted octanol–water partition coefficient (Wildman–Crippen LogP) is 3.07. The van der Waals surface area contributed by atoms with Gasteiger partial charge in [0.05, 0.1) is 0 Å². The zero-order valence-electron chi connectivity index (χ0n) is 18.9. The molecule has 1 aliphatic heterocycles. The molecule has 0 aliphatic carbocycles. The van der Waals surface area contributed by atoms with Gasteiger partial charge in [0, 0.05) is 42.8 Å². The van der Waals surface area contributed by atoms with Crippen LogP contribution in [0.2, 0.25) is 5.02 Å². The molecule has 34 heavy (non-hydrogen) atoms. The van der Waals surface area contributed by atoms with Crippen LogP contribution in [0.4, 0.5) is 4.39 Å². The first-order valence-corrected chi connectivity index (χ1v) is 11.3. The Morgan fingerprint density at radius 2 is 1.91 bits per heavy atom. The lowest BCUT2D eigenvalue weighted by Crippen LogP contribution is -2.58. The first-order chi connectivity index (χ1) is 16.4. The molecule has 0 bridgehead atoms. The Morgan fingerprint density at radius 3 is 2.65 bits per heavy atom. The molecule has 2 heterocycles. The topological polar surface area (TPSA) is 96.5 Å². The number of tetrazole rings is 1. The summed E-state index contributed by atoms with van der Waals surface area (Å²) in [5.41, 5.74) is 1.04. The quantitative estimate of drug-likeness (QED) is 0.520. The van der Waals surface area contributed by atoms with E-state index in [1.54, 1.807) is 30.3 Å². The number of benzene rings is 2. The van der Waals surface area contributed by atoms with Crippen molar-refractivity contribution in [2.75, 3.05) is 19.7 Å². The van der Waals surface area contributed by atoms with E-state index in [1.165, 1.54) is 12.1 Å². The van der Waals surface area contributed by atoms with E-state index in [1.807, 2.05) is 11.8 Å². The number of carbonyl (C=O) groups is 1. The second kappa shape index (κ2) is 10.8. The number of H-pyrrole nitrogens is 1. The number of aromatic amines is 1. The zero-order chi connectivity index (χ0) is 24.1. The molecule has 1 fully saturated rings. The van der Waals surface area contributed by atoms with Crippen LogP contribution in [0.1, 0.15) is 25.2 Å². The summed E-state index contributed by atoms with van der Waals surface area (Å²) in [5, 5.41) is 14.0. The Kier molecular flexibility index (Phi) is 7.59. The molecule has 4 rings (SSSR count). The number of nitrogens with one attached hydrogen (secondary N) is 1. The third-order valence-corrected chi connectivity index (χ3v) is 5.97. The minimum Gasteiger partial charge on any atom is -0.482 e. The molecule has 1 aliphatic rings. The van der Waals surface area contributed by atoms with Gasteiger partial charge in [0.15, 0.2) is 24.7 Å². The molecule has 3 aromatic rings. The number of rotatable bonds is 8. The summed E-state index contributed by atoms with van der Waals surface area (Å²) in [5.74, 6) is 0.806. The Bertz CT molecular complexity index is 1100. The van der Waals surface area contributed by atoms with Crippen molar-refractivity contribution in [3.8, 4) is 11.5 Å². The summed E-state index contributed by atoms with van der Waals surface area (Å²) in [6.07, 6.45) is 0. The van der Waals surface area contributed by atoms with Crippen molar-refractivity contribution in [2.45, 2.75) is 39.1 Å². The second-order valence-corrected chi connectivity index (χ2v) is 8.73. The average Bonchev–Trinajstić information content (AvgIpc) is 3.34. The fraction of sp³-hybridized carbons (Fsp3) is 0.391. The molecule has 2 atom stereocenters. The molecule has 0 radical (unpaired) electrons. The van der Waals surface area contributed by atoms with Crippen molar-refractivity contribution in [1.82, 2.24) is 30.4 Å². The van der Waals surface area contributed by atoms with E-state index in [0.29, 0.717) is 42.0 Å². The second-order valence-electron chi connectivity index (χ2n) is 8.30. The van der Waals surface area contributed by atoms with Gasteiger partial charge >= 0.3 is 0 Å². The lowest BCUT2D eigenvalue weighted by molar-refractivity contribution is -0.139. The molecular weight excluding hydrogens is 463 g/mol. The van der Waals surface area contributed by atoms with E-state index in [9.17, 15) is 9.18 Å². The smallest absolute Gasteiger partial charge is 0.260 e. The highest BCUT2D eigenvalue weighted by Gasteiger charge is 2.32. The van der Waals surface area contributed by atoms with Crippen molar-refractivity contribution in [3.63, 3.8) is 0 Å². The molecule has 9 nitrogen and oxygen atoms in total. The number of aromatic nitrogens is 4. The molecule has 0 saturated carbocycles. The maximum absolute atomic E-state index is 13.2. The Balaban J connectivity index is 1.34. The van der Waals surface area contributed by atoms with Crippen molar-refractivity contribution in [2.24, 2.45) is 0 Å². The van der Waals surface area contributed by atoms with Crippen LogP contribution in [-0.2, 0) is 17.9 Å². The standard InChI is InChI=1S/C23H26ClFN6O3/c1-15-11-31(16(2)10-30(15)12-17-3-6-19(25)7-4-17)23(32)14-34-20-8-5-18(24)9-21(20)33-13-22-26-28-29-27-22/h3-9,15-16H,10-14H2,1-2H3,(H,26,27,28,29)/t15-,16+/m0/s1. The third-order valence-electron chi connectivity index (χ3n) is 5.74. The number of ether oxygens (including phenoxy) is 2. The summed E-state index contributed by atoms with van der Waals surface area (Å²) in [4.78, 5) is 17.1. The summed E-state index contributed by atoms with van der Waals surface area (Å²) < 4.78 is 24.7. The number of amides is 1. The molecular formula is C23H26ClFN6O3. The van der Waals surface area contributed by atoms with Gasteiger partial charge in [0.2, 0.25) is 5.82 Å². The van der Waals surface area contributed by atoms with Crippen molar-refractivity contribution in [1.29, 1.82) is 0 Å². The highest BCUT2D eigenvalue weighted by Crippen LogP contribution is 2.31.